The Morgan fingerprint density at radius 1 is 1.47 bits per heavy atom. The summed E-state index contributed by atoms with van der Waals surface area (Å²) >= 11 is 0. The summed E-state index contributed by atoms with van der Waals surface area (Å²) in [5.74, 6) is 0.908. The zero-order valence-corrected chi connectivity index (χ0v) is 12.3. The molecule has 0 bridgehead atoms. The van der Waals surface area contributed by atoms with Gasteiger partial charge < -0.3 is 4.74 Å². The lowest BCUT2D eigenvalue weighted by atomic mass is 9.56. The van der Waals surface area contributed by atoms with Crippen LogP contribution < -0.4 is 0 Å². The summed E-state index contributed by atoms with van der Waals surface area (Å²) in [6.07, 6.45) is 7.39. The number of hydrogen-bond donors (Lipinski definition) is 0. The number of hydrogen-bond acceptors (Lipinski definition) is 2. The molecule has 19 heavy (non-hydrogen) atoms. The Hall–Kier alpha value is -1.05. The van der Waals surface area contributed by atoms with Crippen LogP contribution in [0.2, 0.25) is 0 Å². The van der Waals surface area contributed by atoms with E-state index in [0.717, 1.165) is 12.0 Å². The summed E-state index contributed by atoms with van der Waals surface area (Å²) in [5, 5.41) is 0. The van der Waals surface area contributed by atoms with E-state index >= 15 is 0 Å². The van der Waals surface area contributed by atoms with Gasteiger partial charge in [-0.15, -0.1) is 0 Å². The highest BCUT2D eigenvalue weighted by molar-refractivity contribution is 5.66. The summed E-state index contributed by atoms with van der Waals surface area (Å²) in [5.41, 5.74) is 2.96. The van der Waals surface area contributed by atoms with E-state index < -0.39 is 0 Å². The quantitative estimate of drug-likeness (QED) is 0.561. The first kappa shape index (κ1) is 14.4. The lowest BCUT2D eigenvalue weighted by Crippen LogP contribution is -2.38. The maximum atomic E-state index is 10.9. The average molecular weight is 262 g/mol. The maximum absolute atomic E-state index is 10.9. The summed E-state index contributed by atoms with van der Waals surface area (Å²) < 4.78 is 5.08. The number of allylic oxidation sites excluding steroid dienone is 1. The van der Waals surface area contributed by atoms with Gasteiger partial charge in [0.1, 0.15) is 6.61 Å². The van der Waals surface area contributed by atoms with E-state index in [-0.39, 0.29) is 5.97 Å². The highest BCUT2D eigenvalue weighted by atomic mass is 16.5. The molecule has 106 valence electrons. The normalized spacial score (nSPS) is 34.5. The second-order valence-electron chi connectivity index (χ2n) is 6.63. The molecule has 0 heterocycles. The van der Waals surface area contributed by atoms with Gasteiger partial charge in [-0.1, -0.05) is 25.7 Å². The van der Waals surface area contributed by atoms with Crippen LogP contribution in [0.5, 0.6) is 0 Å². The molecule has 0 aliphatic heterocycles. The summed E-state index contributed by atoms with van der Waals surface area (Å²) in [4.78, 5) is 10.9. The SMILES string of the molecule is C=C(COC(C)=O)[C@@H]1CC[C@@]2(C)CCCC(=C)[C@@H]2C1. The Kier molecular flexibility index (Phi) is 4.17. The predicted molar refractivity (Wildman–Crippen MR) is 77.7 cm³/mol. The molecule has 2 nitrogen and oxygen atoms in total. The Morgan fingerprint density at radius 2 is 2.21 bits per heavy atom. The lowest BCUT2D eigenvalue weighted by molar-refractivity contribution is -0.140. The number of carbonyl (C=O) groups excluding carboxylic acids is 1. The van der Waals surface area contributed by atoms with E-state index in [4.69, 9.17) is 4.74 Å². The van der Waals surface area contributed by atoms with Gasteiger partial charge in [0, 0.05) is 6.92 Å². The van der Waals surface area contributed by atoms with Gasteiger partial charge in [0.05, 0.1) is 0 Å². The van der Waals surface area contributed by atoms with Crippen molar-refractivity contribution in [1.82, 2.24) is 0 Å². The fourth-order valence-electron chi connectivity index (χ4n) is 3.90. The minimum Gasteiger partial charge on any atom is -0.461 e. The first-order valence-electron chi connectivity index (χ1n) is 7.41. The van der Waals surface area contributed by atoms with Gasteiger partial charge >= 0.3 is 5.97 Å². The van der Waals surface area contributed by atoms with E-state index in [1.165, 1.54) is 44.6 Å². The highest BCUT2D eigenvalue weighted by Gasteiger charge is 2.43. The Balaban J connectivity index is 1.98. The molecule has 2 aliphatic carbocycles. The molecule has 0 aromatic heterocycles. The van der Waals surface area contributed by atoms with Crippen LogP contribution in [0, 0.1) is 17.3 Å². The van der Waals surface area contributed by atoms with Crippen LogP contribution in [0.1, 0.15) is 52.4 Å². The molecule has 2 rings (SSSR count). The molecule has 2 fully saturated rings. The molecule has 0 aromatic rings. The van der Waals surface area contributed by atoms with Gasteiger partial charge in [-0.25, -0.2) is 0 Å². The molecule has 0 N–H and O–H groups in total. The number of ether oxygens (including phenoxy) is 1. The van der Waals surface area contributed by atoms with E-state index in [1.807, 2.05) is 0 Å². The fraction of sp³-hybridized carbons (Fsp3) is 0.706. The van der Waals surface area contributed by atoms with Crippen LogP contribution in [0.15, 0.2) is 24.3 Å². The predicted octanol–water partition coefficient (Wildman–Crippen LogP) is 4.27. The largest absolute Gasteiger partial charge is 0.461 e. The van der Waals surface area contributed by atoms with Crippen LogP contribution in [-0.2, 0) is 9.53 Å². The first-order chi connectivity index (χ1) is 8.92. The topological polar surface area (TPSA) is 26.3 Å². The molecule has 2 aliphatic rings. The molecule has 0 saturated heterocycles. The number of carbonyl (C=O) groups is 1. The molecule has 0 spiro atoms. The molecule has 0 radical (unpaired) electrons. The van der Waals surface area contributed by atoms with Gasteiger partial charge in [0.15, 0.2) is 0 Å². The zero-order valence-electron chi connectivity index (χ0n) is 12.3. The third kappa shape index (κ3) is 3.10. The maximum Gasteiger partial charge on any atom is 0.302 e. The summed E-state index contributed by atoms with van der Waals surface area (Å²) in [6.45, 7) is 12.7. The summed E-state index contributed by atoms with van der Waals surface area (Å²) in [7, 11) is 0. The van der Waals surface area contributed by atoms with E-state index in [0.29, 0.717) is 23.9 Å². The number of esters is 1. The molecule has 2 saturated carbocycles. The fourth-order valence-corrected chi connectivity index (χ4v) is 3.90. The van der Waals surface area contributed by atoms with Crippen molar-refractivity contribution in [3.63, 3.8) is 0 Å². The van der Waals surface area contributed by atoms with Crippen LogP contribution in [0.4, 0.5) is 0 Å². The third-order valence-electron chi connectivity index (χ3n) is 5.20. The smallest absolute Gasteiger partial charge is 0.302 e. The number of rotatable bonds is 3. The molecular formula is C17H26O2. The minimum absolute atomic E-state index is 0.219. The van der Waals surface area contributed by atoms with Crippen molar-refractivity contribution in [1.29, 1.82) is 0 Å². The van der Waals surface area contributed by atoms with Gasteiger partial charge in [-0.3, -0.25) is 4.79 Å². The minimum atomic E-state index is -0.219. The van der Waals surface area contributed by atoms with Crippen molar-refractivity contribution in [3.8, 4) is 0 Å². The van der Waals surface area contributed by atoms with Gasteiger partial charge in [0.25, 0.3) is 0 Å². The molecular weight excluding hydrogens is 236 g/mol. The van der Waals surface area contributed by atoms with Crippen molar-refractivity contribution in [2.75, 3.05) is 6.61 Å². The van der Waals surface area contributed by atoms with Crippen LogP contribution in [-0.4, -0.2) is 12.6 Å². The third-order valence-corrected chi connectivity index (χ3v) is 5.20. The van der Waals surface area contributed by atoms with Crippen molar-refractivity contribution in [2.45, 2.75) is 52.4 Å². The van der Waals surface area contributed by atoms with Crippen molar-refractivity contribution < 1.29 is 9.53 Å². The zero-order chi connectivity index (χ0) is 14.0. The molecule has 3 atom stereocenters. The monoisotopic (exact) mass is 262 g/mol. The van der Waals surface area contributed by atoms with Gasteiger partial charge in [0.2, 0.25) is 0 Å². The Labute approximate surface area is 116 Å². The number of fused-ring (bicyclic) bond motifs is 1. The molecule has 0 aromatic carbocycles. The van der Waals surface area contributed by atoms with Gasteiger partial charge in [-0.05, 0) is 61.3 Å². The van der Waals surface area contributed by atoms with Crippen molar-refractivity contribution >= 4 is 5.97 Å². The van der Waals surface area contributed by atoms with Crippen molar-refractivity contribution in [2.24, 2.45) is 17.3 Å². The van der Waals surface area contributed by atoms with Crippen LogP contribution >= 0.6 is 0 Å². The van der Waals surface area contributed by atoms with Crippen LogP contribution in [0.25, 0.3) is 0 Å². The second-order valence-corrected chi connectivity index (χ2v) is 6.63. The Bertz CT molecular complexity index is 396. The van der Waals surface area contributed by atoms with E-state index in [2.05, 4.69) is 20.1 Å². The van der Waals surface area contributed by atoms with Gasteiger partial charge in [-0.2, -0.15) is 0 Å². The van der Waals surface area contributed by atoms with E-state index in [9.17, 15) is 4.79 Å². The molecule has 0 unspecified atom stereocenters. The first-order valence-corrected chi connectivity index (χ1v) is 7.41. The average Bonchev–Trinajstić information content (AvgIpc) is 2.35. The van der Waals surface area contributed by atoms with E-state index in [1.54, 1.807) is 0 Å². The lowest BCUT2D eigenvalue weighted by Gasteiger charge is -2.49. The highest BCUT2D eigenvalue weighted by Crippen LogP contribution is 2.54. The molecule has 0 amide bonds. The summed E-state index contributed by atoms with van der Waals surface area (Å²) in [6, 6.07) is 0. The van der Waals surface area contributed by atoms with Crippen LogP contribution in [0.3, 0.4) is 0 Å². The standard InChI is InChI=1S/C17H26O2/c1-12-6-5-8-17(4)9-7-15(10-16(12)17)13(2)11-19-14(3)18/h15-16H,1-2,5-11H2,3-4H3/t15-,16+,17-/m1/s1. The molecule has 2 heteroatoms. The van der Waals surface area contributed by atoms with Crippen molar-refractivity contribution in [3.05, 3.63) is 24.3 Å². The Morgan fingerprint density at radius 3 is 2.89 bits per heavy atom. The second kappa shape index (κ2) is 5.52.